The van der Waals surface area contributed by atoms with Crippen molar-refractivity contribution in [2.45, 2.75) is 18.9 Å². The molecule has 4 N–H and O–H groups in total. The van der Waals surface area contributed by atoms with E-state index in [0.717, 1.165) is 0 Å². The molecule has 11 nitrogen and oxygen atoms in total. The van der Waals surface area contributed by atoms with Crippen LogP contribution in [-0.4, -0.2) is 49.7 Å². The molecule has 1 atom stereocenters. The third-order valence-corrected chi connectivity index (χ3v) is 3.28. The summed E-state index contributed by atoms with van der Waals surface area (Å²) in [4.78, 5) is 38.2. The van der Waals surface area contributed by atoms with Gasteiger partial charge in [-0.25, -0.2) is 19.9 Å². The lowest BCUT2D eigenvalue weighted by molar-refractivity contribution is -0.525. The Balaban J connectivity index is 2.68. The molecule has 1 amide bonds. The number of ether oxygens (including phenoxy) is 2. The Bertz CT molecular complexity index is 678. The van der Waals surface area contributed by atoms with Crippen LogP contribution < -0.4 is 21.2 Å². The van der Waals surface area contributed by atoms with Crippen LogP contribution in [0.15, 0.2) is 29.3 Å². The lowest BCUT2D eigenvalue weighted by Crippen LogP contribution is -2.41. The summed E-state index contributed by atoms with van der Waals surface area (Å²) in [6.45, 7) is 0.130. The highest BCUT2D eigenvalue weighted by Crippen LogP contribution is 2.17. The number of nitrogens with one attached hydrogen (secondary N) is 2. The first-order valence-corrected chi connectivity index (χ1v) is 7.61. The lowest BCUT2D eigenvalue weighted by Gasteiger charge is -2.17. The van der Waals surface area contributed by atoms with Gasteiger partial charge in [-0.15, -0.1) is 0 Å². The van der Waals surface area contributed by atoms with Gasteiger partial charge >= 0.3 is 5.97 Å². The van der Waals surface area contributed by atoms with Crippen LogP contribution in [0.3, 0.4) is 0 Å². The molecule has 0 aliphatic carbocycles. The third-order valence-electron chi connectivity index (χ3n) is 3.28. The van der Waals surface area contributed by atoms with Crippen LogP contribution in [0.25, 0.3) is 0 Å². The van der Waals surface area contributed by atoms with Crippen molar-refractivity contribution < 1.29 is 24.1 Å². The standard InChI is InChI=1S/C15H21N5O6/c1-25-12-8-4-3-6-10(12)13(21)18-11(14(22)26-2)7-5-9-17-15(16)19-20(23)24/h3-4,6,8,11H,5,7,9H2,1-2H3,(H,18,21)(H3,16,17,19). The molecular formula is C15H21N5O6. The number of rotatable bonds is 9. The summed E-state index contributed by atoms with van der Waals surface area (Å²) in [7, 11) is 2.65. The van der Waals surface area contributed by atoms with E-state index in [1.165, 1.54) is 14.2 Å². The van der Waals surface area contributed by atoms with Crippen molar-refractivity contribution in [2.75, 3.05) is 20.8 Å². The molecule has 0 bridgehead atoms. The van der Waals surface area contributed by atoms with Crippen LogP contribution in [0.1, 0.15) is 23.2 Å². The molecule has 0 saturated carbocycles. The molecule has 11 heteroatoms. The number of nitro groups is 1. The van der Waals surface area contributed by atoms with E-state index < -0.39 is 23.0 Å². The van der Waals surface area contributed by atoms with Crippen molar-refractivity contribution in [3.63, 3.8) is 0 Å². The van der Waals surface area contributed by atoms with Crippen molar-refractivity contribution in [1.82, 2.24) is 10.7 Å². The van der Waals surface area contributed by atoms with Crippen molar-refractivity contribution in [3.05, 3.63) is 39.9 Å². The fraction of sp³-hybridized carbons (Fsp3) is 0.400. The number of para-hydroxylation sites is 1. The van der Waals surface area contributed by atoms with Gasteiger partial charge in [0, 0.05) is 6.54 Å². The van der Waals surface area contributed by atoms with Gasteiger partial charge in [-0.2, -0.15) is 0 Å². The molecule has 1 aromatic carbocycles. The third kappa shape index (κ3) is 6.63. The zero-order valence-corrected chi connectivity index (χ0v) is 14.4. The Labute approximate surface area is 149 Å². The normalized spacial score (nSPS) is 12.0. The van der Waals surface area contributed by atoms with Crippen LogP contribution in [0.2, 0.25) is 0 Å². The average Bonchev–Trinajstić information content (AvgIpc) is 2.62. The SMILES string of the molecule is COC(=O)C(CCCN=C(N)N[N+](=O)[O-])NC(=O)c1ccccc1OC. The van der Waals surface area contributed by atoms with E-state index in [1.807, 2.05) is 0 Å². The molecule has 1 unspecified atom stereocenters. The molecule has 0 heterocycles. The number of aliphatic imine (C=N–C) groups is 1. The van der Waals surface area contributed by atoms with Gasteiger partial charge in [0.2, 0.25) is 0 Å². The number of carbonyl (C=O) groups excluding carboxylic acids is 2. The van der Waals surface area contributed by atoms with E-state index >= 15 is 0 Å². The molecule has 0 fully saturated rings. The second kappa shape index (κ2) is 10.5. The molecule has 26 heavy (non-hydrogen) atoms. The molecule has 1 rings (SSSR count). The number of esters is 1. The highest BCUT2D eigenvalue weighted by Gasteiger charge is 2.23. The topological polar surface area (TPSA) is 158 Å². The molecule has 1 aromatic rings. The fourth-order valence-corrected chi connectivity index (χ4v) is 2.08. The number of hydrogen-bond acceptors (Lipinski definition) is 7. The maximum Gasteiger partial charge on any atom is 0.328 e. The van der Waals surface area contributed by atoms with Gasteiger partial charge < -0.3 is 20.5 Å². The number of amides is 1. The Morgan fingerprint density at radius 1 is 1.35 bits per heavy atom. The van der Waals surface area contributed by atoms with E-state index in [0.29, 0.717) is 12.2 Å². The zero-order valence-electron chi connectivity index (χ0n) is 14.4. The van der Waals surface area contributed by atoms with Crippen molar-refractivity contribution >= 4 is 17.8 Å². The summed E-state index contributed by atoms with van der Waals surface area (Å²) < 4.78 is 9.81. The van der Waals surface area contributed by atoms with Crippen LogP contribution in [0.5, 0.6) is 5.75 Å². The first-order chi connectivity index (χ1) is 12.4. The predicted molar refractivity (Wildman–Crippen MR) is 92.1 cm³/mol. The summed E-state index contributed by atoms with van der Waals surface area (Å²) in [6, 6.07) is 5.68. The quantitative estimate of drug-likeness (QED) is 0.136. The summed E-state index contributed by atoms with van der Waals surface area (Å²) in [5.41, 5.74) is 7.27. The van der Waals surface area contributed by atoms with E-state index in [-0.39, 0.29) is 24.5 Å². The number of methoxy groups -OCH3 is 2. The Kier molecular flexibility index (Phi) is 8.34. The molecule has 0 aliphatic rings. The minimum Gasteiger partial charge on any atom is -0.496 e. The monoisotopic (exact) mass is 367 g/mol. The predicted octanol–water partition coefficient (Wildman–Crippen LogP) is -0.157. The van der Waals surface area contributed by atoms with Crippen molar-refractivity contribution in [2.24, 2.45) is 10.7 Å². The number of hydrogen-bond donors (Lipinski definition) is 3. The minimum atomic E-state index is -0.905. The summed E-state index contributed by atoms with van der Waals surface area (Å²) in [5, 5.41) is 12.0. The summed E-state index contributed by atoms with van der Waals surface area (Å²) in [5.74, 6) is -1.08. The van der Waals surface area contributed by atoms with Crippen LogP contribution in [0, 0.1) is 10.1 Å². The molecule has 0 aromatic heterocycles. The maximum atomic E-state index is 12.4. The maximum absolute atomic E-state index is 12.4. The molecule has 0 radical (unpaired) electrons. The molecule has 0 aliphatic heterocycles. The first kappa shape index (κ1) is 20.7. The second-order valence-electron chi connectivity index (χ2n) is 5.03. The molecule has 0 spiro atoms. The highest BCUT2D eigenvalue weighted by molar-refractivity contribution is 5.99. The number of benzene rings is 1. The van der Waals surface area contributed by atoms with E-state index in [1.54, 1.807) is 29.7 Å². The average molecular weight is 367 g/mol. The molecule has 0 saturated heterocycles. The number of guanidine groups is 1. The Morgan fingerprint density at radius 3 is 2.65 bits per heavy atom. The van der Waals surface area contributed by atoms with Gasteiger partial charge in [-0.05, 0) is 25.0 Å². The van der Waals surface area contributed by atoms with Gasteiger partial charge in [0.25, 0.3) is 11.9 Å². The highest BCUT2D eigenvalue weighted by atomic mass is 16.7. The smallest absolute Gasteiger partial charge is 0.328 e. The largest absolute Gasteiger partial charge is 0.496 e. The van der Waals surface area contributed by atoms with Crippen molar-refractivity contribution in [3.8, 4) is 5.75 Å². The number of nitrogens with zero attached hydrogens (tertiary/aromatic N) is 2. The van der Waals surface area contributed by atoms with Gasteiger partial charge in [0.1, 0.15) is 11.8 Å². The van der Waals surface area contributed by atoms with Gasteiger partial charge in [-0.3, -0.25) is 4.79 Å². The zero-order chi connectivity index (χ0) is 19.5. The van der Waals surface area contributed by atoms with E-state index in [9.17, 15) is 19.7 Å². The van der Waals surface area contributed by atoms with Gasteiger partial charge in [0.05, 0.1) is 19.8 Å². The summed E-state index contributed by atoms with van der Waals surface area (Å²) in [6.07, 6.45) is 0.550. The van der Waals surface area contributed by atoms with E-state index in [2.05, 4.69) is 15.0 Å². The van der Waals surface area contributed by atoms with Crippen molar-refractivity contribution in [1.29, 1.82) is 0 Å². The number of hydrazine groups is 1. The number of nitrogens with two attached hydrogens (primary N) is 1. The van der Waals surface area contributed by atoms with Gasteiger partial charge in [-0.1, -0.05) is 17.6 Å². The van der Waals surface area contributed by atoms with Gasteiger partial charge in [0.15, 0.2) is 5.03 Å². The Hall–Kier alpha value is -3.37. The summed E-state index contributed by atoms with van der Waals surface area (Å²) >= 11 is 0. The van der Waals surface area contributed by atoms with Crippen LogP contribution in [-0.2, 0) is 9.53 Å². The molecular weight excluding hydrogens is 346 g/mol. The first-order valence-electron chi connectivity index (χ1n) is 7.61. The minimum absolute atomic E-state index is 0.130. The second-order valence-corrected chi connectivity index (χ2v) is 5.03. The fourth-order valence-electron chi connectivity index (χ4n) is 2.08. The van der Waals surface area contributed by atoms with Crippen LogP contribution in [0.4, 0.5) is 0 Å². The Morgan fingerprint density at radius 2 is 2.04 bits per heavy atom. The number of carbonyl (C=O) groups is 2. The van der Waals surface area contributed by atoms with Crippen LogP contribution >= 0.6 is 0 Å². The molecule has 142 valence electrons. The van der Waals surface area contributed by atoms with E-state index in [4.69, 9.17) is 10.5 Å². The lowest BCUT2D eigenvalue weighted by atomic mass is 10.1.